The maximum absolute atomic E-state index is 12.3. The van der Waals surface area contributed by atoms with Gasteiger partial charge in [-0.25, -0.2) is 4.79 Å². The van der Waals surface area contributed by atoms with Crippen molar-refractivity contribution in [3.8, 4) is 0 Å². The van der Waals surface area contributed by atoms with Gasteiger partial charge in [-0.1, -0.05) is 6.92 Å². The van der Waals surface area contributed by atoms with E-state index in [1.54, 1.807) is 0 Å². The van der Waals surface area contributed by atoms with Gasteiger partial charge in [-0.15, -0.1) is 0 Å². The van der Waals surface area contributed by atoms with Crippen LogP contribution >= 0.6 is 0 Å². The first kappa shape index (κ1) is 13.3. The molecule has 0 aliphatic carbocycles. The monoisotopic (exact) mass is 256 g/mol. The molecule has 3 N–H and O–H groups in total. The van der Waals surface area contributed by atoms with Gasteiger partial charge in [0.25, 0.3) is 0 Å². The van der Waals surface area contributed by atoms with E-state index in [0.29, 0.717) is 5.92 Å². The van der Waals surface area contributed by atoms with Crippen molar-refractivity contribution in [3.63, 3.8) is 0 Å². The number of amides is 1. The Morgan fingerprint density at radius 3 is 2.67 bits per heavy atom. The number of aliphatic hydroxyl groups excluding tert-OH is 1. The summed E-state index contributed by atoms with van der Waals surface area (Å²) < 4.78 is 0. The fourth-order valence-corrected chi connectivity index (χ4v) is 2.79. The van der Waals surface area contributed by atoms with Crippen LogP contribution in [-0.2, 0) is 9.59 Å². The van der Waals surface area contributed by atoms with Crippen LogP contribution in [0.15, 0.2) is 0 Å². The molecule has 4 atom stereocenters. The summed E-state index contributed by atoms with van der Waals surface area (Å²) in [5, 5.41) is 21.8. The number of hydrogen-bond acceptors (Lipinski definition) is 4. The molecule has 2 saturated heterocycles. The number of aliphatic hydroxyl groups is 1. The third-order valence-electron chi connectivity index (χ3n) is 3.81. The number of carbonyl (C=O) groups is 2. The minimum absolute atomic E-state index is 0.127. The summed E-state index contributed by atoms with van der Waals surface area (Å²) in [6, 6.07) is -1.19. The number of hydrogen-bond donors (Lipinski definition) is 3. The van der Waals surface area contributed by atoms with Crippen LogP contribution in [0.3, 0.4) is 0 Å². The number of likely N-dealkylation sites (tertiary alicyclic amines) is 1. The predicted molar refractivity (Wildman–Crippen MR) is 63.9 cm³/mol. The Balaban J connectivity index is 2.05. The molecule has 6 heteroatoms. The molecule has 1 amide bonds. The van der Waals surface area contributed by atoms with Crippen molar-refractivity contribution in [2.75, 3.05) is 13.1 Å². The number of carboxylic acids is 1. The number of piperidine rings is 1. The molecule has 0 saturated carbocycles. The molecular formula is C12H20N2O4. The fourth-order valence-electron chi connectivity index (χ4n) is 2.79. The lowest BCUT2D eigenvalue weighted by molar-refractivity contribution is -0.149. The second kappa shape index (κ2) is 5.24. The Bertz CT molecular complexity index is 347. The summed E-state index contributed by atoms with van der Waals surface area (Å²) in [4.78, 5) is 24.7. The highest BCUT2D eigenvalue weighted by atomic mass is 16.4. The van der Waals surface area contributed by atoms with E-state index in [1.807, 2.05) is 0 Å². The molecule has 6 nitrogen and oxygen atoms in total. The van der Waals surface area contributed by atoms with Crippen molar-refractivity contribution in [3.05, 3.63) is 0 Å². The summed E-state index contributed by atoms with van der Waals surface area (Å²) >= 11 is 0. The predicted octanol–water partition coefficient (Wildman–Crippen LogP) is -0.579. The summed E-state index contributed by atoms with van der Waals surface area (Å²) in [7, 11) is 0. The number of carboxylic acid groups (broad SMARTS) is 1. The molecule has 0 bridgehead atoms. The molecule has 2 heterocycles. The minimum atomic E-state index is -1.04. The van der Waals surface area contributed by atoms with Crippen molar-refractivity contribution in [2.24, 2.45) is 5.92 Å². The minimum Gasteiger partial charge on any atom is -0.480 e. The molecule has 2 aliphatic heterocycles. The van der Waals surface area contributed by atoms with Crippen LogP contribution in [0.1, 0.15) is 26.2 Å². The van der Waals surface area contributed by atoms with Gasteiger partial charge in [-0.05, 0) is 25.3 Å². The van der Waals surface area contributed by atoms with Gasteiger partial charge < -0.3 is 20.4 Å². The molecule has 18 heavy (non-hydrogen) atoms. The molecule has 102 valence electrons. The summed E-state index contributed by atoms with van der Waals surface area (Å²) in [6.07, 6.45) is 1.17. The highest BCUT2D eigenvalue weighted by Crippen LogP contribution is 2.23. The van der Waals surface area contributed by atoms with Crippen LogP contribution in [0.25, 0.3) is 0 Å². The van der Waals surface area contributed by atoms with E-state index in [4.69, 9.17) is 5.11 Å². The van der Waals surface area contributed by atoms with Gasteiger partial charge in [-0.2, -0.15) is 0 Å². The molecule has 2 unspecified atom stereocenters. The Morgan fingerprint density at radius 2 is 2.06 bits per heavy atom. The maximum Gasteiger partial charge on any atom is 0.326 e. The fraction of sp³-hybridized carbons (Fsp3) is 0.833. The summed E-state index contributed by atoms with van der Waals surface area (Å²) in [6.45, 7) is 3.00. The molecule has 0 radical (unpaired) electrons. The number of nitrogens with zero attached hydrogens (tertiary/aromatic N) is 1. The summed E-state index contributed by atoms with van der Waals surface area (Å²) in [5.74, 6) is -0.759. The average molecular weight is 256 g/mol. The lowest BCUT2D eigenvalue weighted by Gasteiger charge is -2.32. The van der Waals surface area contributed by atoms with Crippen LogP contribution in [0, 0.1) is 5.92 Å². The van der Waals surface area contributed by atoms with Crippen LogP contribution in [0.4, 0.5) is 0 Å². The first-order chi connectivity index (χ1) is 8.49. The van der Waals surface area contributed by atoms with E-state index in [-0.39, 0.29) is 24.9 Å². The standard InChI is InChI=1S/C12H20N2O4/c1-7-2-3-13-9(4-7)11(16)14-6-8(15)5-10(14)12(17)18/h7-10,13,15H,2-6H2,1H3,(H,17,18)/t7?,8-,9?,10+/m1/s1. The molecular weight excluding hydrogens is 236 g/mol. The van der Waals surface area contributed by atoms with Gasteiger partial charge in [0.15, 0.2) is 0 Å². The van der Waals surface area contributed by atoms with Crippen LogP contribution < -0.4 is 5.32 Å². The summed E-state index contributed by atoms with van der Waals surface area (Å²) in [5.41, 5.74) is 0. The van der Waals surface area contributed by atoms with Crippen LogP contribution in [0.5, 0.6) is 0 Å². The molecule has 0 aromatic carbocycles. The normalized spacial score (nSPS) is 36.7. The number of nitrogens with one attached hydrogen (secondary N) is 1. The van der Waals surface area contributed by atoms with Crippen LogP contribution in [-0.4, -0.2) is 58.3 Å². The van der Waals surface area contributed by atoms with Gasteiger partial charge >= 0.3 is 5.97 Å². The lowest BCUT2D eigenvalue weighted by atomic mass is 9.93. The van der Waals surface area contributed by atoms with Crippen molar-refractivity contribution >= 4 is 11.9 Å². The topological polar surface area (TPSA) is 89.9 Å². The Labute approximate surface area is 106 Å². The van der Waals surface area contributed by atoms with Gasteiger partial charge in [-0.3, -0.25) is 4.79 Å². The first-order valence-corrected chi connectivity index (χ1v) is 6.43. The molecule has 2 aliphatic rings. The highest BCUT2D eigenvalue weighted by molar-refractivity contribution is 5.87. The van der Waals surface area contributed by atoms with E-state index in [2.05, 4.69) is 12.2 Å². The van der Waals surface area contributed by atoms with E-state index >= 15 is 0 Å². The van der Waals surface area contributed by atoms with Gasteiger partial charge in [0.1, 0.15) is 6.04 Å². The lowest BCUT2D eigenvalue weighted by Crippen LogP contribution is -2.52. The van der Waals surface area contributed by atoms with Gasteiger partial charge in [0.2, 0.25) is 5.91 Å². The van der Waals surface area contributed by atoms with Crippen molar-refractivity contribution in [2.45, 2.75) is 44.4 Å². The van der Waals surface area contributed by atoms with Crippen LogP contribution in [0.2, 0.25) is 0 Å². The molecule has 2 rings (SSSR count). The van der Waals surface area contributed by atoms with Crippen molar-refractivity contribution < 1.29 is 19.8 Å². The van der Waals surface area contributed by atoms with Gasteiger partial charge in [0, 0.05) is 13.0 Å². The zero-order valence-electron chi connectivity index (χ0n) is 10.5. The maximum atomic E-state index is 12.3. The van der Waals surface area contributed by atoms with Crippen molar-refractivity contribution in [1.82, 2.24) is 10.2 Å². The molecule has 2 fully saturated rings. The zero-order chi connectivity index (χ0) is 13.3. The second-order valence-electron chi connectivity index (χ2n) is 5.37. The van der Waals surface area contributed by atoms with E-state index < -0.39 is 18.1 Å². The first-order valence-electron chi connectivity index (χ1n) is 6.43. The van der Waals surface area contributed by atoms with E-state index in [9.17, 15) is 14.7 Å². The quantitative estimate of drug-likeness (QED) is 0.615. The van der Waals surface area contributed by atoms with Gasteiger partial charge in [0.05, 0.1) is 12.1 Å². The Morgan fingerprint density at radius 1 is 1.33 bits per heavy atom. The van der Waals surface area contributed by atoms with E-state index in [1.165, 1.54) is 4.90 Å². The number of aliphatic carboxylic acids is 1. The van der Waals surface area contributed by atoms with Crippen molar-refractivity contribution in [1.29, 1.82) is 0 Å². The SMILES string of the molecule is CC1CCNC(C(=O)N2C[C@H](O)C[C@H]2C(=O)O)C1. The largest absolute Gasteiger partial charge is 0.480 e. The average Bonchev–Trinajstić information content (AvgIpc) is 2.70. The number of rotatable bonds is 2. The molecule has 0 aromatic rings. The Kier molecular flexibility index (Phi) is 3.87. The Hall–Kier alpha value is -1.14. The van der Waals surface area contributed by atoms with E-state index in [0.717, 1.165) is 19.4 Å². The number of carbonyl (C=O) groups excluding carboxylic acids is 1. The second-order valence-corrected chi connectivity index (χ2v) is 5.37. The molecule has 0 aromatic heterocycles. The zero-order valence-corrected chi connectivity index (χ0v) is 10.5. The third-order valence-corrected chi connectivity index (χ3v) is 3.81. The molecule has 0 spiro atoms. The third kappa shape index (κ3) is 2.64. The smallest absolute Gasteiger partial charge is 0.326 e. The number of β-amino-alcohol motifs (C(OH)–C–C–N with tert-alkyl or cyclic N) is 1. The highest BCUT2D eigenvalue weighted by Gasteiger charge is 2.41.